The van der Waals surface area contributed by atoms with Crippen LogP contribution in [0.2, 0.25) is 5.02 Å². The van der Waals surface area contributed by atoms with Crippen molar-refractivity contribution in [1.82, 2.24) is 4.90 Å². The standard InChI is InChI=1S/C12H12ClN3O/c1-7-3-8(13)4-9(10(7)15)11(17)16-6-12(16,2)5-14/h3-4H,6,15H2,1-2H3. The molecule has 1 aliphatic rings. The molecule has 4 nitrogen and oxygen atoms in total. The highest BCUT2D eigenvalue weighted by atomic mass is 35.5. The molecule has 1 aromatic carbocycles. The van der Waals surface area contributed by atoms with Crippen molar-refractivity contribution in [1.29, 1.82) is 5.26 Å². The molecule has 1 fully saturated rings. The second-order valence-corrected chi connectivity index (χ2v) is 4.90. The molecular weight excluding hydrogens is 238 g/mol. The molecule has 1 aliphatic heterocycles. The topological polar surface area (TPSA) is 69.9 Å². The number of anilines is 1. The van der Waals surface area contributed by atoms with Crippen LogP contribution in [0.3, 0.4) is 0 Å². The van der Waals surface area contributed by atoms with E-state index in [0.29, 0.717) is 22.8 Å². The molecule has 0 bridgehead atoms. The molecule has 0 radical (unpaired) electrons. The lowest BCUT2D eigenvalue weighted by Crippen LogP contribution is -2.20. The van der Waals surface area contributed by atoms with Crippen LogP contribution in [0.25, 0.3) is 0 Å². The first-order valence-electron chi connectivity index (χ1n) is 5.18. The molecule has 1 heterocycles. The quantitative estimate of drug-likeness (QED) is 0.611. The number of hydrogen-bond donors (Lipinski definition) is 1. The number of nitrogens with zero attached hydrogens (tertiary/aromatic N) is 2. The summed E-state index contributed by atoms with van der Waals surface area (Å²) in [5, 5.41) is 9.38. The summed E-state index contributed by atoms with van der Waals surface area (Å²) >= 11 is 5.90. The van der Waals surface area contributed by atoms with E-state index in [2.05, 4.69) is 6.07 Å². The van der Waals surface area contributed by atoms with Gasteiger partial charge in [-0.3, -0.25) is 4.79 Å². The number of halogens is 1. The van der Waals surface area contributed by atoms with Crippen molar-refractivity contribution in [2.24, 2.45) is 0 Å². The van der Waals surface area contributed by atoms with Gasteiger partial charge in [0.15, 0.2) is 0 Å². The monoisotopic (exact) mass is 249 g/mol. The highest BCUT2D eigenvalue weighted by molar-refractivity contribution is 6.31. The third-order valence-corrected chi connectivity index (χ3v) is 3.24. The van der Waals surface area contributed by atoms with E-state index in [-0.39, 0.29) is 5.91 Å². The number of carbonyl (C=O) groups is 1. The third-order valence-electron chi connectivity index (χ3n) is 3.03. The lowest BCUT2D eigenvalue weighted by Gasteiger charge is -2.10. The Morgan fingerprint density at radius 1 is 1.65 bits per heavy atom. The van der Waals surface area contributed by atoms with Crippen molar-refractivity contribution in [2.45, 2.75) is 19.4 Å². The van der Waals surface area contributed by atoms with Gasteiger partial charge in [0.1, 0.15) is 5.54 Å². The summed E-state index contributed by atoms with van der Waals surface area (Å²) in [5.41, 5.74) is 6.72. The van der Waals surface area contributed by atoms with Crippen molar-refractivity contribution in [3.63, 3.8) is 0 Å². The van der Waals surface area contributed by atoms with Crippen LogP contribution in [0.15, 0.2) is 12.1 Å². The highest BCUT2D eigenvalue weighted by Gasteiger charge is 2.52. The Balaban J connectivity index is 2.37. The molecule has 1 atom stereocenters. The Labute approximate surface area is 105 Å². The van der Waals surface area contributed by atoms with Crippen LogP contribution in [0, 0.1) is 18.3 Å². The molecule has 0 spiro atoms. The predicted molar refractivity (Wildman–Crippen MR) is 65.7 cm³/mol. The van der Waals surface area contributed by atoms with Crippen LogP contribution in [0.1, 0.15) is 22.8 Å². The van der Waals surface area contributed by atoms with Gasteiger partial charge in [0, 0.05) is 10.7 Å². The smallest absolute Gasteiger partial charge is 0.257 e. The van der Waals surface area contributed by atoms with Gasteiger partial charge >= 0.3 is 0 Å². The molecule has 88 valence electrons. The number of nitriles is 1. The van der Waals surface area contributed by atoms with E-state index in [9.17, 15) is 4.79 Å². The molecule has 1 amide bonds. The van der Waals surface area contributed by atoms with Gasteiger partial charge in [-0.15, -0.1) is 0 Å². The second kappa shape index (κ2) is 3.64. The van der Waals surface area contributed by atoms with Crippen LogP contribution in [-0.2, 0) is 0 Å². The number of amides is 1. The molecule has 0 saturated carbocycles. The zero-order chi connectivity index (χ0) is 12.8. The molecule has 17 heavy (non-hydrogen) atoms. The summed E-state index contributed by atoms with van der Waals surface area (Å²) < 4.78 is 0. The summed E-state index contributed by atoms with van der Waals surface area (Å²) in [7, 11) is 0. The number of carbonyl (C=O) groups excluding carboxylic acids is 1. The Morgan fingerprint density at radius 3 is 2.82 bits per heavy atom. The van der Waals surface area contributed by atoms with Crippen molar-refractivity contribution >= 4 is 23.2 Å². The lowest BCUT2D eigenvalue weighted by atomic mass is 10.1. The average molecular weight is 250 g/mol. The first-order valence-corrected chi connectivity index (χ1v) is 5.56. The maximum atomic E-state index is 12.1. The van der Waals surface area contributed by atoms with E-state index in [4.69, 9.17) is 22.6 Å². The first kappa shape index (κ1) is 11.7. The first-order chi connectivity index (χ1) is 7.89. The van der Waals surface area contributed by atoms with E-state index in [1.54, 1.807) is 26.0 Å². The zero-order valence-electron chi connectivity index (χ0n) is 9.62. The third kappa shape index (κ3) is 1.83. The van der Waals surface area contributed by atoms with Gasteiger partial charge in [0.2, 0.25) is 0 Å². The number of nitrogen functional groups attached to an aromatic ring is 1. The number of nitrogens with two attached hydrogens (primary N) is 1. The van der Waals surface area contributed by atoms with Crippen LogP contribution in [0.4, 0.5) is 5.69 Å². The Hall–Kier alpha value is -1.73. The minimum Gasteiger partial charge on any atom is -0.398 e. The molecule has 1 saturated heterocycles. The van der Waals surface area contributed by atoms with Crippen LogP contribution in [-0.4, -0.2) is 22.9 Å². The molecular formula is C12H12ClN3O. The van der Waals surface area contributed by atoms with Gasteiger partial charge in [-0.2, -0.15) is 5.26 Å². The van der Waals surface area contributed by atoms with E-state index in [1.807, 2.05) is 0 Å². The highest BCUT2D eigenvalue weighted by Crippen LogP contribution is 2.35. The van der Waals surface area contributed by atoms with Gasteiger partial charge in [-0.1, -0.05) is 11.6 Å². The fourth-order valence-corrected chi connectivity index (χ4v) is 2.01. The minimum absolute atomic E-state index is 0.239. The molecule has 1 unspecified atom stereocenters. The Kier molecular flexibility index (Phi) is 2.52. The van der Waals surface area contributed by atoms with Gasteiger partial charge in [0.25, 0.3) is 5.91 Å². The van der Waals surface area contributed by atoms with Gasteiger partial charge < -0.3 is 10.6 Å². The fraction of sp³-hybridized carbons (Fsp3) is 0.333. The van der Waals surface area contributed by atoms with Gasteiger partial charge in [0.05, 0.1) is 18.2 Å². The number of aryl methyl sites for hydroxylation is 1. The van der Waals surface area contributed by atoms with Crippen LogP contribution >= 0.6 is 11.6 Å². The lowest BCUT2D eigenvalue weighted by molar-refractivity contribution is 0.0868. The largest absolute Gasteiger partial charge is 0.398 e. The molecule has 5 heteroatoms. The Bertz CT molecular complexity index is 549. The summed E-state index contributed by atoms with van der Waals surface area (Å²) in [6.45, 7) is 3.95. The number of rotatable bonds is 1. The van der Waals surface area contributed by atoms with Crippen LogP contribution in [0.5, 0.6) is 0 Å². The van der Waals surface area contributed by atoms with E-state index in [0.717, 1.165) is 5.56 Å². The summed E-state index contributed by atoms with van der Waals surface area (Å²) in [6, 6.07) is 5.35. The second-order valence-electron chi connectivity index (χ2n) is 4.46. The van der Waals surface area contributed by atoms with Gasteiger partial charge in [-0.05, 0) is 31.5 Å². The average Bonchev–Trinajstić information content (AvgIpc) is 2.96. The maximum absolute atomic E-state index is 12.1. The molecule has 0 aromatic heterocycles. The van der Waals surface area contributed by atoms with Crippen LogP contribution < -0.4 is 5.73 Å². The fourth-order valence-electron chi connectivity index (χ4n) is 1.74. The van der Waals surface area contributed by atoms with Gasteiger partial charge in [-0.25, -0.2) is 0 Å². The van der Waals surface area contributed by atoms with Crippen molar-refractivity contribution in [3.8, 4) is 6.07 Å². The van der Waals surface area contributed by atoms with E-state index >= 15 is 0 Å². The minimum atomic E-state index is -0.695. The van der Waals surface area contributed by atoms with E-state index < -0.39 is 5.54 Å². The number of hydrogen-bond acceptors (Lipinski definition) is 3. The SMILES string of the molecule is Cc1cc(Cl)cc(C(=O)N2CC2(C)C#N)c1N. The maximum Gasteiger partial charge on any atom is 0.257 e. The summed E-state index contributed by atoms with van der Waals surface area (Å²) in [4.78, 5) is 13.6. The zero-order valence-corrected chi connectivity index (χ0v) is 10.4. The number of benzene rings is 1. The molecule has 2 N–H and O–H groups in total. The summed E-state index contributed by atoms with van der Waals surface area (Å²) in [5.74, 6) is -0.239. The summed E-state index contributed by atoms with van der Waals surface area (Å²) in [6.07, 6.45) is 0. The predicted octanol–water partition coefficient (Wildman–Crippen LogP) is 1.97. The van der Waals surface area contributed by atoms with Crippen molar-refractivity contribution in [2.75, 3.05) is 12.3 Å². The molecule has 2 rings (SSSR count). The van der Waals surface area contributed by atoms with Crippen molar-refractivity contribution < 1.29 is 4.79 Å². The normalized spacial score (nSPS) is 22.1. The van der Waals surface area contributed by atoms with E-state index in [1.165, 1.54) is 4.90 Å². The molecule has 0 aliphatic carbocycles. The Morgan fingerprint density at radius 2 is 2.29 bits per heavy atom. The molecule has 1 aromatic rings. The van der Waals surface area contributed by atoms with Crippen molar-refractivity contribution in [3.05, 3.63) is 28.3 Å².